The summed E-state index contributed by atoms with van der Waals surface area (Å²) < 4.78 is 16.6. The minimum atomic E-state index is 0. The maximum Gasteiger partial charge on any atom is 0.226 e. The molecule has 1 aromatic heterocycles. The summed E-state index contributed by atoms with van der Waals surface area (Å²) in [6.45, 7) is 10.8. The smallest absolute Gasteiger partial charge is 0.226 e. The van der Waals surface area contributed by atoms with Crippen molar-refractivity contribution in [3.63, 3.8) is 0 Å². The summed E-state index contributed by atoms with van der Waals surface area (Å²) in [5.41, 5.74) is 2.96. The molecule has 0 saturated carbocycles. The number of guanidine groups is 1. The van der Waals surface area contributed by atoms with Gasteiger partial charge in [-0.1, -0.05) is 31.0 Å². The van der Waals surface area contributed by atoms with Crippen LogP contribution < -0.4 is 10.6 Å². The van der Waals surface area contributed by atoms with Crippen molar-refractivity contribution in [1.29, 1.82) is 0 Å². The number of hydrogen-bond donors (Lipinski definition) is 2. The van der Waals surface area contributed by atoms with Crippen molar-refractivity contribution in [3.05, 3.63) is 41.8 Å². The predicted octanol–water partition coefficient (Wildman–Crippen LogP) is 4.16. The number of hydrogen-bond acceptors (Lipinski definition) is 5. The Bertz CT molecular complexity index is 719. The lowest BCUT2D eigenvalue weighted by molar-refractivity contribution is 0.0487. The van der Waals surface area contributed by atoms with Gasteiger partial charge in [-0.25, -0.2) is 9.98 Å². The van der Waals surface area contributed by atoms with Crippen molar-refractivity contribution in [2.75, 3.05) is 39.5 Å². The van der Waals surface area contributed by atoms with Crippen LogP contribution in [-0.2, 0) is 16.0 Å². The number of benzene rings is 1. The number of aliphatic imine (C=N–C) groups is 1. The minimum absolute atomic E-state index is 0. The standard InChI is InChI=1S/C22H34N4O3.HI/c1-4-6-12-27-14-15-28-13-11-24-22(23-5-2)25-16-20-17-29-21(26-20)19-9-7-18(3)8-10-19;/h7-10,17H,4-6,11-16H2,1-3H3,(H2,23,24,25);1H. The van der Waals surface area contributed by atoms with Crippen LogP contribution >= 0.6 is 24.0 Å². The molecule has 0 spiro atoms. The van der Waals surface area contributed by atoms with Crippen molar-refractivity contribution in [3.8, 4) is 11.5 Å². The zero-order valence-electron chi connectivity index (χ0n) is 18.3. The highest BCUT2D eigenvalue weighted by Crippen LogP contribution is 2.19. The topological polar surface area (TPSA) is 80.9 Å². The molecular weight excluding hydrogens is 495 g/mol. The van der Waals surface area contributed by atoms with Gasteiger partial charge in [0.05, 0.1) is 26.4 Å². The molecule has 1 heterocycles. The van der Waals surface area contributed by atoms with Gasteiger partial charge in [0.25, 0.3) is 0 Å². The zero-order chi connectivity index (χ0) is 20.7. The van der Waals surface area contributed by atoms with Crippen molar-refractivity contribution < 1.29 is 13.9 Å². The Hall–Kier alpha value is -1.65. The monoisotopic (exact) mass is 530 g/mol. The van der Waals surface area contributed by atoms with Crippen LogP contribution in [0.4, 0.5) is 0 Å². The van der Waals surface area contributed by atoms with E-state index in [4.69, 9.17) is 13.9 Å². The van der Waals surface area contributed by atoms with Crippen LogP contribution in [0.25, 0.3) is 11.5 Å². The first-order valence-corrected chi connectivity index (χ1v) is 10.4. The van der Waals surface area contributed by atoms with Gasteiger partial charge in [0.2, 0.25) is 5.89 Å². The molecule has 8 heteroatoms. The van der Waals surface area contributed by atoms with E-state index < -0.39 is 0 Å². The third-order valence-electron chi connectivity index (χ3n) is 4.15. The third kappa shape index (κ3) is 10.4. The van der Waals surface area contributed by atoms with Gasteiger partial charge >= 0.3 is 0 Å². The summed E-state index contributed by atoms with van der Waals surface area (Å²) in [6.07, 6.45) is 3.91. The van der Waals surface area contributed by atoms with Crippen molar-refractivity contribution in [2.24, 2.45) is 4.99 Å². The molecular formula is C22H35IN4O3. The maximum atomic E-state index is 5.59. The van der Waals surface area contributed by atoms with Gasteiger partial charge in [-0.15, -0.1) is 24.0 Å². The van der Waals surface area contributed by atoms with Crippen molar-refractivity contribution in [1.82, 2.24) is 15.6 Å². The zero-order valence-corrected chi connectivity index (χ0v) is 20.6. The highest BCUT2D eigenvalue weighted by Gasteiger charge is 2.06. The van der Waals surface area contributed by atoms with Crippen LogP contribution in [-0.4, -0.2) is 50.5 Å². The average molecular weight is 530 g/mol. The third-order valence-corrected chi connectivity index (χ3v) is 4.15. The Morgan fingerprint density at radius 2 is 1.77 bits per heavy atom. The van der Waals surface area contributed by atoms with Gasteiger partial charge in [-0.2, -0.15) is 0 Å². The lowest BCUT2D eigenvalue weighted by atomic mass is 10.1. The lowest BCUT2D eigenvalue weighted by Crippen LogP contribution is -2.39. The van der Waals surface area contributed by atoms with Crippen LogP contribution in [0.3, 0.4) is 0 Å². The number of rotatable bonds is 13. The summed E-state index contributed by atoms with van der Waals surface area (Å²) in [5.74, 6) is 1.35. The Morgan fingerprint density at radius 3 is 2.47 bits per heavy atom. The van der Waals surface area contributed by atoms with Crippen LogP contribution in [0.2, 0.25) is 0 Å². The number of oxazole rings is 1. The highest BCUT2D eigenvalue weighted by molar-refractivity contribution is 14.0. The Morgan fingerprint density at radius 1 is 1.03 bits per heavy atom. The summed E-state index contributed by atoms with van der Waals surface area (Å²) in [5, 5.41) is 6.48. The number of nitrogens with zero attached hydrogens (tertiary/aromatic N) is 2. The summed E-state index contributed by atoms with van der Waals surface area (Å²) in [7, 11) is 0. The molecule has 2 N–H and O–H groups in total. The maximum absolute atomic E-state index is 5.59. The number of aryl methyl sites for hydroxylation is 1. The fourth-order valence-electron chi connectivity index (χ4n) is 2.52. The molecule has 0 unspecified atom stereocenters. The molecule has 0 atom stereocenters. The van der Waals surface area contributed by atoms with Gasteiger partial charge in [0.1, 0.15) is 12.0 Å². The molecule has 1 aromatic carbocycles. The molecule has 2 aromatic rings. The van der Waals surface area contributed by atoms with E-state index in [-0.39, 0.29) is 24.0 Å². The summed E-state index contributed by atoms with van der Waals surface area (Å²) in [6, 6.07) is 8.11. The second-order valence-electron chi connectivity index (χ2n) is 6.71. The average Bonchev–Trinajstić information content (AvgIpc) is 3.20. The molecule has 168 valence electrons. The molecule has 7 nitrogen and oxygen atoms in total. The lowest BCUT2D eigenvalue weighted by Gasteiger charge is -2.11. The second-order valence-corrected chi connectivity index (χ2v) is 6.71. The van der Waals surface area contributed by atoms with Gasteiger partial charge in [-0.3, -0.25) is 0 Å². The largest absolute Gasteiger partial charge is 0.444 e. The molecule has 0 aliphatic carbocycles. The van der Waals surface area contributed by atoms with Gasteiger partial charge in [0.15, 0.2) is 5.96 Å². The normalized spacial score (nSPS) is 11.2. The Labute approximate surface area is 197 Å². The van der Waals surface area contributed by atoms with E-state index in [0.29, 0.717) is 38.8 Å². The number of aromatic nitrogens is 1. The summed E-state index contributed by atoms with van der Waals surface area (Å²) in [4.78, 5) is 9.09. The number of unbranched alkanes of at least 4 members (excludes halogenated alkanes) is 1. The second kappa shape index (κ2) is 16.1. The fraction of sp³-hybridized carbons (Fsp3) is 0.545. The molecule has 0 aliphatic rings. The highest BCUT2D eigenvalue weighted by atomic mass is 127. The van der Waals surface area contributed by atoms with E-state index >= 15 is 0 Å². The van der Waals surface area contributed by atoms with Crippen LogP contribution in [0.15, 0.2) is 39.9 Å². The number of nitrogens with one attached hydrogen (secondary N) is 2. The molecule has 0 radical (unpaired) electrons. The molecule has 0 fully saturated rings. The van der Waals surface area contributed by atoms with Crippen LogP contribution in [0.1, 0.15) is 37.9 Å². The van der Waals surface area contributed by atoms with E-state index in [9.17, 15) is 0 Å². The van der Waals surface area contributed by atoms with Gasteiger partial charge in [0, 0.05) is 25.3 Å². The van der Waals surface area contributed by atoms with Gasteiger partial charge in [-0.05, 0) is 32.4 Å². The number of ether oxygens (including phenoxy) is 2. The van der Waals surface area contributed by atoms with Crippen molar-refractivity contribution in [2.45, 2.75) is 40.2 Å². The molecule has 0 aliphatic heterocycles. The van der Waals surface area contributed by atoms with Crippen LogP contribution in [0, 0.1) is 6.92 Å². The molecule has 2 rings (SSSR count). The van der Waals surface area contributed by atoms with E-state index in [1.807, 2.05) is 31.2 Å². The Kier molecular flexibility index (Phi) is 14.2. The van der Waals surface area contributed by atoms with Gasteiger partial charge < -0.3 is 24.5 Å². The van der Waals surface area contributed by atoms with E-state index in [1.54, 1.807) is 6.26 Å². The number of halogens is 1. The Balaban J connectivity index is 0.00000450. The summed E-state index contributed by atoms with van der Waals surface area (Å²) >= 11 is 0. The first kappa shape index (κ1) is 26.4. The first-order chi connectivity index (χ1) is 14.2. The molecule has 0 saturated heterocycles. The quantitative estimate of drug-likeness (QED) is 0.175. The fourth-order valence-corrected chi connectivity index (χ4v) is 2.52. The SMILES string of the molecule is CCCCOCCOCCNC(=NCc1coc(-c2ccc(C)cc2)n1)NCC.I. The van der Waals surface area contributed by atoms with E-state index in [2.05, 4.69) is 34.5 Å². The molecule has 30 heavy (non-hydrogen) atoms. The van der Waals surface area contributed by atoms with E-state index in [0.717, 1.165) is 43.2 Å². The van der Waals surface area contributed by atoms with Crippen molar-refractivity contribution >= 4 is 29.9 Å². The predicted molar refractivity (Wildman–Crippen MR) is 131 cm³/mol. The molecule has 0 bridgehead atoms. The van der Waals surface area contributed by atoms with Crippen LogP contribution in [0.5, 0.6) is 0 Å². The minimum Gasteiger partial charge on any atom is -0.444 e. The first-order valence-electron chi connectivity index (χ1n) is 10.4. The molecule has 0 amide bonds. The van der Waals surface area contributed by atoms with E-state index in [1.165, 1.54) is 5.56 Å².